The van der Waals surface area contributed by atoms with Gasteiger partial charge in [0.15, 0.2) is 0 Å². The standard InChI is InChI=1S/C29H33BrN6O4S/c1-28(2,3)40-27(39)35-15-18-13-21(41-23(18)19(16-35)17-9-7-6-8-10-17)22-20(30)14-32-25(33-22)31-11-12-36-26(38)34-24(37)29(36,4)5/h6-10,13-14,19H,11-12,15-16H2,1-5H3,(H,31,32,33)(H,34,37,38). The van der Waals surface area contributed by atoms with Crippen LogP contribution in [0.3, 0.4) is 0 Å². The van der Waals surface area contributed by atoms with Gasteiger partial charge in [-0.15, -0.1) is 11.3 Å². The summed E-state index contributed by atoms with van der Waals surface area (Å²) >= 11 is 5.27. The predicted molar refractivity (Wildman–Crippen MR) is 161 cm³/mol. The van der Waals surface area contributed by atoms with Crippen LogP contribution in [0.5, 0.6) is 0 Å². The number of aromatic nitrogens is 2. The van der Waals surface area contributed by atoms with Crippen LogP contribution in [-0.4, -0.2) is 68.6 Å². The van der Waals surface area contributed by atoms with Gasteiger partial charge in [-0.05, 0) is 67.7 Å². The summed E-state index contributed by atoms with van der Waals surface area (Å²) < 4.78 is 6.45. The molecule has 41 heavy (non-hydrogen) atoms. The fourth-order valence-electron chi connectivity index (χ4n) is 4.94. The van der Waals surface area contributed by atoms with Gasteiger partial charge in [-0.3, -0.25) is 10.1 Å². The van der Waals surface area contributed by atoms with Crippen LogP contribution in [0, 0.1) is 0 Å². The van der Waals surface area contributed by atoms with Crippen molar-refractivity contribution in [2.45, 2.75) is 58.2 Å². The molecule has 1 aromatic carbocycles. The van der Waals surface area contributed by atoms with Gasteiger partial charge in [0, 0.05) is 36.6 Å². The van der Waals surface area contributed by atoms with Gasteiger partial charge in [0.25, 0.3) is 5.91 Å². The molecule has 2 aromatic heterocycles. The molecule has 0 spiro atoms. The van der Waals surface area contributed by atoms with Crippen LogP contribution in [0.1, 0.15) is 56.5 Å². The summed E-state index contributed by atoms with van der Waals surface area (Å²) in [6.07, 6.45) is 1.37. The Morgan fingerprint density at radius 3 is 2.63 bits per heavy atom. The number of rotatable bonds is 6. The molecule has 1 atom stereocenters. The minimum atomic E-state index is -0.914. The lowest BCUT2D eigenvalue weighted by molar-refractivity contribution is -0.125. The number of nitrogens with one attached hydrogen (secondary N) is 2. The van der Waals surface area contributed by atoms with Crippen molar-refractivity contribution in [1.29, 1.82) is 0 Å². The molecule has 0 radical (unpaired) electrons. The summed E-state index contributed by atoms with van der Waals surface area (Å²) in [5.74, 6) is 0.0979. The number of amides is 4. The SMILES string of the molecule is CC(C)(C)OC(=O)N1Cc2cc(-c3nc(NCCN4C(=O)NC(=O)C4(C)C)ncc3Br)sc2C(c2ccccc2)C1. The van der Waals surface area contributed by atoms with E-state index in [4.69, 9.17) is 9.72 Å². The second-order valence-corrected chi connectivity index (χ2v) is 13.5. The normalized spacial score (nSPS) is 18.2. The van der Waals surface area contributed by atoms with Gasteiger partial charge in [-0.2, -0.15) is 0 Å². The third kappa shape index (κ3) is 6.08. The van der Waals surface area contributed by atoms with Crippen LogP contribution < -0.4 is 10.6 Å². The van der Waals surface area contributed by atoms with Gasteiger partial charge in [0.1, 0.15) is 11.1 Å². The van der Waals surface area contributed by atoms with E-state index < -0.39 is 17.2 Å². The molecule has 4 amide bonds. The summed E-state index contributed by atoms with van der Waals surface area (Å²) in [6.45, 7) is 10.7. The van der Waals surface area contributed by atoms with Crippen molar-refractivity contribution in [3.05, 3.63) is 63.1 Å². The number of carbonyl (C=O) groups excluding carboxylic acids is 3. The van der Waals surface area contributed by atoms with Crippen LogP contribution in [0.2, 0.25) is 0 Å². The second-order valence-electron chi connectivity index (χ2n) is 11.6. The highest BCUT2D eigenvalue weighted by Gasteiger charge is 2.45. The van der Waals surface area contributed by atoms with Gasteiger partial charge in [-0.25, -0.2) is 19.6 Å². The lowest BCUT2D eigenvalue weighted by atomic mass is 9.91. The van der Waals surface area contributed by atoms with Crippen molar-refractivity contribution in [3.8, 4) is 10.6 Å². The molecule has 5 rings (SSSR count). The second kappa shape index (κ2) is 11.1. The van der Waals surface area contributed by atoms with E-state index in [1.165, 1.54) is 9.78 Å². The van der Waals surface area contributed by atoms with Gasteiger partial charge >= 0.3 is 12.1 Å². The van der Waals surface area contributed by atoms with Crippen LogP contribution >= 0.6 is 27.3 Å². The average Bonchev–Trinajstić information content (AvgIpc) is 3.42. The third-order valence-corrected chi connectivity index (χ3v) is 8.95. The minimum Gasteiger partial charge on any atom is -0.444 e. The molecule has 4 heterocycles. The third-order valence-electron chi connectivity index (χ3n) is 7.07. The first-order valence-electron chi connectivity index (χ1n) is 13.4. The zero-order valence-corrected chi connectivity index (χ0v) is 26.1. The number of nitrogens with zero attached hydrogens (tertiary/aromatic N) is 4. The summed E-state index contributed by atoms with van der Waals surface area (Å²) in [6, 6.07) is 11.9. The molecule has 0 saturated carbocycles. The molecule has 10 nitrogen and oxygen atoms in total. The van der Waals surface area contributed by atoms with E-state index in [-0.39, 0.29) is 17.9 Å². The Bertz CT molecular complexity index is 1490. The van der Waals surface area contributed by atoms with E-state index in [9.17, 15) is 14.4 Å². The van der Waals surface area contributed by atoms with Crippen LogP contribution in [-0.2, 0) is 16.1 Å². The number of ether oxygens (including phenoxy) is 1. The van der Waals surface area contributed by atoms with E-state index >= 15 is 0 Å². The molecule has 1 saturated heterocycles. The van der Waals surface area contributed by atoms with E-state index in [0.717, 1.165) is 26.2 Å². The fourth-order valence-corrected chi connectivity index (χ4v) is 6.77. The molecule has 12 heteroatoms. The molecule has 216 valence electrons. The number of carbonyl (C=O) groups is 3. The topological polar surface area (TPSA) is 117 Å². The Kier molecular flexibility index (Phi) is 7.82. The maximum atomic E-state index is 13.1. The largest absolute Gasteiger partial charge is 0.444 e. The minimum absolute atomic E-state index is 0.00194. The molecule has 1 fully saturated rings. The van der Waals surface area contributed by atoms with Crippen LogP contribution in [0.4, 0.5) is 15.5 Å². The highest BCUT2D eigenvalue weighted by Crippen LogP contribution is 2.43. The van der Waals surface area contributed by atoms with E-state index in [1.54, 1.807) is 36.3 Å². The number of hydrogen-bond acceptors (Lipinski definition) is 8. The Labute approximate surface area is 251 Å². The molecular weight excluding hydrogens is 608 g/mol. The number of halogens is 1. The lowest BCUT2D eigenvalue weighted by Crippen LogP contribution is -2.46. The number of hydrogen-bond donors (Lipinski definition) is 2. The summed E-state index contributed by atoms with van der Waals surface area (Å²) in [5, 5.41) is 5.54. The number of urea groups is 1. The Morgan fingerprint density at radius 1 is 1.24 bits per heavy atom. The first kappa shape index (κ1) is 29.0. The first-order chi connectivity index (χ1) is 19.3. The summed E-state index contributed by atoms with van der Waals surface area (Å²) in [4.78, 5) is 51.9. The van der Waals surface area contributed by atoms with Gasteiger partial charge < -0.3 is 19.9 Å². The fraction of sp³-hybridized carbons (Fsp3) is 0.414. The molecule has 0 aliphatic carbocycles. The van der Waals surface area contributed by atoms with E-state index in [1.807, 2.05) is 39.0 Å². The van der Waals surface area contributed by atoms with Gasteiger partial charge in [0.05, 0.1) is 21.6 Å². The molecule has 2 N–H and O–H groups in total. The van der Waals surface area contributed by atoms with Crippen molar-refractivity contribution < 1.29 is 19.1 Å². The average molecular weight is 642 g/mol. The number of fused-ring (bicyclic) bond motifs is 1. The van der Waals surface area contributed by atoms with E-state index in [2.05, 4.69) is 49.7 Å². The lowest BCUT2D eigenvalue weighted by Gasteiger charge is -2.34. The molecule has 2 aliphatic rings. The Hall–Kier alpha value is -3.51. The van der Waals surface area contributed by atoms with Crippen molar-refractivity contribution in [3.63, 3.8) is 0 Å². The zero-order valence-electron chi connectivity index (χ0n) is 23.7. The number of thiophene rings is 1. The van der Waals surface area contributed by atoms with Crippen LogP contribution in [0.15, 0.2) is 47.1 Å². The predicted octanol–water partition coefficient (Wildman–Crippen LogP) is 5.59. The molecule has 1 unspecified atom stereocenters. The summed E-state index contributed by atoms with van der Waals surface area (Å²) in [7, 11) is 0. The molecule has 0 bridgehead atoms. The smallest absolute Gasteiger partial charge is 0.410 e. The van der Waals surface area contributed by atoms with Crippen molar-refractivity contribution in [2.75, 3.05) is 25.0 Å². The number of benzene rings is 1. The van der Waals surface area contributed by atoms with Crippen molar-refractivity contribution >= 4 is 51.2 Å². The zero-order chi connectivity index (χ0) is 29.5. The van der Waals surface area contributed by atoms with Gasteiger partial charge in [-0.1, -0.05) is 30.3 Å². The van der Waals surface area contributed by atoms with Crippen molar-refractivity contribution in [1.82, 2.24) is 25.1 Å². The maximum Gasteiger partial charge on any atom is 0.410 e. The first-order valence-corrected chi connectivity index (χ1v) is 15.0. The quantitative estimate of drug-likeness (QED) is 0.337. The molecule has 3 aromatic rings. The highest BCUT2D eigenvalue weighted by molar-refractivity contribution is 9.10. The monoisotopic (exact) mass is 640 g/mol. The van der Waals surface area contributed by atoms with Crippen molar-refractivity contribution in [2.24, 2.45) is 0 Å². The Morgan fingerprint density at radius 2 is 1.98 bits per heavy atom. The molecular formula is C29H33BrN6O4S. The molecule has 2 aliphatic heterocycles. The van der Waals surface area contributed by atoms with Gasteiger partial charge in [0.2, 0.25) is 5.95 Å². The van der Waals surface area contributed by atoms with E-state index in [0.29, 0.717) is 32.1 Å². The number of imide groups is 1. The number of anilines is 1. The highest BCUT2D eigenvalue weighted by atomic mass is 79.9. The van der Waals surface area contributed by atoms with Crippen LogP contribution in [0.25, 0.3) is 10.6 Å². The Balaban J connectivity index is 1.39. The maximum absolute atomic E-state index is 13.1. The summed E-state index contributed by atoms with van der Waals surface area (Å²) in [5.41, 5.74) is 1.42.